The predicted octanol–water partition coefficient (Wildman–Crippen LogP) is 5.31. The van der Waals surface area contributed by atoms with Crippen LogP contribution in [0, 0.1) is 11.7 Å². The summed E-state index contributed by atoms with van der Waals surface area (Å²) in [5.41, 5.74) is 3.22. The van der Waals surface area contributed by atoms with Crippen molar-refractivity contribution in [1.29, 1.82) is 0 Å². The van der Waals surface area contributed by atoms with Gasteiger partial charge >= 0.3 is 0 Å². The lowest BCUT2D eigenvalue weighted by molar-refractivity contribution is 0.424. The van der Waals surface area contributed by atoms with Crippen molar-refractivity contribution >= 4 is 17.3 Å². The molecule has 0 saturated carbocycles. The van der Waals surface area contributed by atoms with E-state index in [2.05, 4.69) is 23.5 Å². The van der Waals surface area contributed by atoms with Crippen molar-refractivity contribution in [2.75, 3.05) is 5.32 Å². The van der Waals surface area contributed by atoms with Gasteiger partial charge in [0.2, 0.25) is 0 Å². The molecule has 0 spiro atoms. The first-order valence-electron chi connectivity index (χ1n) is 7.21. The van der Waals surface area contributed by atoms with Crippen LogP contribution in [0.2, 0.25) is 5.02 Å². The Morgan fingerprint density at radius 3 is 2.86 bits per heavy atom. The van der Waals surface area contributed by atoms with E-state index in [4.69, 9.17) is 11.6 Å². The smallest absolute Gasteiger partial charge is 0.123 e. The monoisotopic (exact) mass is 299 g/mol. The molecule has 1 aliphatic heterocycles. The van der Waals surface area contributed by atoms with Crippen molar-refractivity contribution in [2.45, 2.75) is 18.4 Å². The molecule has 2 aromatic carbocycles. The lowest BCUT2D eigenvalue weighted by Gasteiger charge is -2.38. The van der Waals surface area contributed by atoms with Gasteiger partial charge in [0.1, 0.15) is 5.82 Å². The Labute approximate surface area is 128 Å². The molecule has 0 amide bonds. The minimum Gasteiger partial charge on any atom is -0.376 e. The van der Waals surface area contributed by atoms with Gasteiger partial charge in [0.05, 0.1) is 16.8 Å². The highest BCUT2D eigenvalue weighted by Crippen LogP contribution is 2.51. The van der Waals surface area contributed by atoms with Crippen LogP contribution in [0.15, 0.2) is 54.6 Å². The van der Waals surface area contributed by atoms with Gasteiger partial charge in [0.25, 0.3) is 0 Å². The normalized spacial score (nSPS) is 26.1. The van der Waals surface area contributed by atoms with Gasteiger partial charge in [-0.25, -0.2) is 4.39 Å². The van der Waals surface area contributed by atoms with Crippen LogP contribution in [0.25, 0.3) is 0 Å². The standard InChI is InChI=1S/C18H15ClFN/c19-16-9-3-8-15-13-6-2-7-14(13)17(21-18(15)16)11-4-1-5-12(20)10-11/h1-6,8-10,13-14,17,21H,7H2/t13-,14+,17-/m0/s1. The molecule has 3 atom stereocenters. The van der Waals surface area contributed by atoms with E-state index in [1.807, 2.05) is 18.2 Å². The van der Waals surface area contributed by atoms with Gasteiger partial charge in [0, 0.05) is 5.92 Å². The van der Waals surface area contributed by atoms with Crippen LogP contribution in [-0.2, 0) is 0 Å². The zero-order chi connectivity index (χ0) is 14.4. The molecule has 0 fully saturated rings. The van der Waals surface area contributed by atoms with Gasteiger partial charge in [-0.1, -0.05) is 48.0 Å². The molecule has 21 heavy (non-hydrogen) atoms. The third-order valence-electron chi connectivity index (χ3n) is 4.55. The first kappa shape index (κ1) is 12.9. The van der Waals surface area contributed by atoms with Crippen molar-refractivity contribution in [2.24, 2.45) is 5.92 Å². The predicted molar refractivity (Wildman–Crippen MR) is 84.2 cm³/mol. The summed E-state index contributed by atoms with van der Waals surface area (Å²) in [6.07, 6.45) is 5.48. The quantitative estimate of drug-likeness (QED) is 0.704. The van der Waals surface area contributed by atoms with Crippen LogP contribution < -0.4 is 5.32 Å². The Bertz CT molecular complexity index is 725. The Morgan fingerprint density at radius 1 is 1.14 bits per heavy atom. The van der Waals surface area contributed by atoms with E-state index in [0.717, 1.165) is 22.7 Å². The summed E-state index contributed by atoms with van der Waals surface area (Å²) in [7, 11) is 0. The Balaban J connectivity index is 1.83. The number of anilines is 1. The van der Waals surface area contributed by atoms with Crippen molar-refractivity contribution in [1.82, 2.24) is 0 Å². The second kappa shape index (κ2) is 4.88. The molecule has 1 nitrogen and oxygen atoms in total. The number of nitrogens with one attached hydrogen (secondary N) is 1. The number of benzene rings is 2. The lowest BCUT2D eigenvalue weighted by atomic mass is 9.77. The fraction of sp³-hybridized carbons (Fsp3) is 0.222. The highest BCUT2D eigenvalue weighted by atomic mass is 35.5. The fourth-order valence-corrected chi connectivity index (χ4v) is 3.85. The number of para-hydroxylation sites is 1. The molecule has 2 aromatic rings. The lowest BCUT2D eigenvalue weighted by Crippen LogP contribution is -2.29. The first-order chi connectivity index (χ1) is 10.2. The Morgan fingerprint density at radius 2 is 2.00 bits per heavy atom. The average molecular weight is 300 g/mol. The number of hydrogen-bond donors (Lipinski definition) is 1. The van der Waals surface area contributed by atoms with Crippen molar-refractivity contribution < 1.29 is 4.39 Å². The molecule has 1 aliphatic carbocycles. The van der Waals surface area contributed by atoms with Crippen LogP contribution in [-0.4, -0.2) is 0 Å². The summed E-state index contributed by atoms with van der Waals surface area (Å²) in [4.78, 5) is 0. The minimum atomic E-state index is -0.193. The number of halogens is 2. The first-order valence-corrected chi connectivity index (χ1v) is 7.59. The molecule has 2 aliphatic rings. The molecule has 4 rings (SSSR count). The topological polar surface area (TPSA) is 12.0 Å². The molecule has 0 aromatic heterocycles. The highest BCUT2D eigenvalue weighted by molar-refractivity contribution is 6.33. The largest absolute Gasteiger partial charge is 0.376 e. The average Bonchev–Trinajstić information content (AvgIpc) is 2.96. The van der Waals surface area contributed by atoms with Gasteiger partial charge < -0.3 is 5.32 Å². The molecule has 3 heteroatoms. The van der Waals surface area contributed by atoms with Gasteiger partial charge in [-0.3, -0.25) is 0 Å². The molecule has 1 heterocycles. The SMILES string of the molecule is Fc1cccc([C@@H]2Nc3c(Cl)cccc3[C@H]3C=CC[C@H]32)c1. The molecule has 0 radical (unpaired) electrons. The van der Waals surface area contributed by atoms with Gasteiger partial charge in [0.15, 0.2) is 0 Å². The maximum Gasteiger partial charge on any atom is 0.123 e. The third kappa shape index (κ3) is 2.06. The second-order valence-electron chi connectivity index (χ2n) is 5.73. The van der Waals surface area contributed by atoms with Crippen LogP contribution in [0.4, 0.5) is 10.1 Å². The van der Waals surface area contributed by atoms with Crippen LogP contribution in [0.1, 0.15) is 29.5 Å². The van der Waals surface area contributed by atoms with E-state index in [9.17, 15) is 4.39 Å². The molecular weight excluding hydrogens is 285 g/mol. The van der Waals surface area contributed by atoms with Crippen LogP contribution in [0.3, 0.4) is 0 Å². The minimum absolute atomic E-state index is 0.0908. The van der Waals surface area contributed by atoms with E-state index >= 15 is 0 Å². The summed E-state index contributed by atoms with van der Waals surface area (Å²) in [5.74, 6) is 0.577. The third-order valence-corrected chi connectivity index (χ3v) is 4.87. The molecular formula is C18H15ClFN. The Hall–Kier alpha value is -1.80. The number of allylic oxidation sites excluding steroid dienone is 2. The van der Waals surface area contributed by atoms with E-state index in [0.29, 0.717) is 11.8 Å². The number of fused-ring (bicyclic) bond motifs is 3. The van der Waals surface area contributed by atoms with Crippen molar-refractivity contribution in [3.8, 4) is 0 Å². The fourth-order valence-electron chi connectivity index (χ4n) is 3.61. The van der Waals surface area contributed by atoms with E-state index in [-0.39, 0.29) is 11.9 Å². The van der Waals surface area contributed by atoms with Crippen molar-refractivity contribution in [3.63, 3.8) is 0 Å². The van der Waals surface area contributed by atoms with Gasteiger partial charge in [-0.05, 0) is 41.7 Å². The molecule has 0 saturated heterocycles. The molecule has 0 bridgehead atoms. The van der Waals surface area contributed by atoms with E-state index < -0.39 is 0 Å². The maximum absolute atomic E-state index is 13.6. The molecule has 1 N–H and O–H groups in total. The van der Waals surface area contributed by atoms with E-state index in [1.54, 1.807) is 12.1 Å². The summed E-state index contributed by atoms with van der Waals surface area (Å²) in [6, 6.07) is 13.0. The molecule has 106 valence electrons. The molecule has 0 unspecified atom stereocenters. The van der Waals surface area contributed by atoms with E-state index in [1.165, 1.54) is 11.6 Å². The summed E-state index contributed by atoms with van der Waals surface area (Å²) >= 11 is 6.36. The van der Waals surface area contributed by atoms with Crippen molar-refractivity contribution in [3.05, 3.63) is 76.6 Å². The van der Waals surface area contributed by atoms with Crippen LogP contribution in [0.5, 0.6) is 0 Å². The zero-order valence-corrected chi connectivity index (χ0v) is 12.1. The zero-order valence-electron chi connectivity index (χ0n) is 11.4. The van der Waals surface area contributed by atoms with Crippen LogP contribution >= 0.6 is 11.6 Å². The summed E-state index contributed by atoms with van der Waals surface area (Å²) in [6.45, 7) is 0. The van der Waals surface area contributed by atoms with Gasteiger partial charge in [-0.15, -0.1) is 0 Å². The number of hydrogen-bond acceptors (Lipinski definition) is 1. The summed E-state index contributed by atoms with van der Waals surface area (Å²) < 4.78 is 13.6. The maximum atomic E-state index is 13.6. The van der Waals surface area contributed by atoms with Gasteiger partial charge in [-0.2, -0.15) is 0 Å². The number of rotatable bonds is 1. The Kier molecular flexibility index (Phi) is 3.00. The second-order valence-corrected chi connectivity index (χ2v) is 6.14. The summed E-state index contributed by atoms with van der Waals surface area (Å²) in [5, 5.41) is 4.27. The highest BCUT2D eigenvalue weighted by Gasteiger charge is 2.38.